The summed E-state index contributed by atoms with van der Waals surface area (Å²) >= 11 is 0. The number of rotatable bonds is 3. The lowest BCUT2D eigenvalue weighted by atomic mass is 9.96. The zero-order valence-electron chi connectivity index (χ0n) is 11.2. The van der Waals surface area contributed by atoms with Gasteiger partial charge in [0, 0.05) is 6.07 Å². The topological polar surface area (TPSA) is 84.6 Å². The molecule has 1 aliphatic carbocycles. The van der Waals surface area contributed by atoms with E-state index in [0.717, 1.165) is 18.5 Å². The highest BCUT2D eigenvalue weighted by Crippen LogP contribution is 2.20. The van der Waals surface area contributed by atoms with Crippen LogP contribution in [0.4, 0.5) is 5.69 Å². The predicted molar refractivity (Wildman–Crippen MR) is 76.0 cm³/mol. The number of nitrogens with two attached hydrogens (primary N) is 1. The van der Waals surface area contributed by atoms with Crippen molar-refractivity contribution in [3.63, 3.8) is 0 Å². The number of ether oxygens (including phenoxy) is 1. The van der Waals surface area contributed by atoms with Gasteiger partial charge in [0.15, 0.2) is 0 Å². The van der Waals surface area contributed by atoms with Crippen LogP contribution in [0.1, 0.15) is 32.1 Å². The zero-order valence-corrected chi connectivity index (χ0v) is 11.2. The van der Waals surface area contributed by atoms with E-state index in [0.29, 0.717) is 17.9 Å². The second kappa shape index (κ2) is 6.94. The summed E-state index contributed by atoms with van der Waals surface area (Å²) in [6.45, 7) is 0. The second-order valence-electron chi connectivity index (χ2n) is 4.63. The Kier molecular flexibility index (Phi) is 4.97. The SMILES string of the molecule is COc1ccc(NC(=NC2CCCCC2)NN)cn1. The molecule has 1 saturated carbocycles. The maximum Gasteiger partial charge on any atom is 0.213 e. The van der Waals surface area contributed by atoms with Crippen LogP contribution in [-0.2, 0) is 0 Å². The first-order chi connectivity index (χ1) is 9.31. The van der Waals surface area contributed by atoms with Gasteiger partial charge in [0.1, 0.15) is 0 Å². The first-order valence-electron chi connectivity index (χ1n) is 6.63. The Bertz CT molecular complexity index is 412. The fourth-order valence-electron chi connectivity index (χ4n) is 2.21. The average molecular weight is 263 g/mol. The second-order valence-corrected chi connectivity index (χ2v) is 4.63. The lowest BCUT2D eigenvalue weighted by Crippen LogP contribution is -2.37. The van der Waals surface area contributed by atoms with Gasteiger partial charge in [-0.2, -0.15) is 0 Å². The average Bonchev–Trinajstić information content (AvgIpc) is 2.48. The maximum atomic E-state index is 5.51. The van der Waals surface area contributed by atoms with Crippen LogP contribution in [0.5, 0.6) is 5.88 Å². The number of nitrogens with zero attached hydrogens (tertiary/aromatic N) is 2. The molecule has 19 heavy (non-hydrogen) atoms. The molecule has 0 bridgehead atoms. The Labute approximate surface area is 113 Å². The summed E-state index contributed by atoms with van der Waals surface area (Å²) in [4.78, 5) is 8.73. The standard InChI is InChI=1S/C13H21N5O/c1-19-12-8-7-11(9-15-12)17-13(18-14)16-10-5-3-2-4-6-10/h7-10H,2-6,14H2,1H3,(H2,16,17,18). The van der Waals surface area contributed by atoms with Crippen molar-refractivity contribution in [1.29, 1.82) is 0 Å². The van der Waals surface area contributed by atoms with Crippen LogP contribution in [0.2, 0.25) is 0 Å². The predicted octanol–water partition coefficient (Wildman–Crippen LogP) is 1.65. The summed E-state index contributed by atoms with van der Waals surface area (Å²) in [5.41, 5.74) is 3.43. The molecular weight excluding hydrogens is 242 g/mol. The van der Waals surface area contributed by atoms with Gasteiger partial charge in [-0.25, -0.2) is 15.8 Å². The third-order valence-corrected chi connectivity index (χ3v) is 3.23. The van der Waals surface area contributed by atoms with Crippen molar-refractivity contribution in [3.8, 4) is 5.88 Å². The van der Waals surface area contributed by atoms with Crippen molar-refractivity contribution < 1.29 is 4.74 Å². The first kappa shape index (κ1) is 13.6. The van der Waals surface area contributed by atoms with Gasteiger partial charge >= 0.3 is 0 Å². The van der Waals surface area contributed by atoms with E-state index in [9.17, 15) is 0 Å². The minimum Gasteiger partial charge on any atom is -0.481 e. The summed E-state index contributed by atoms with van der Waals surface area (Å²) in [5, 5.41) is 3.12. The van der Waals surface area contributed by atoms with Gasteiger partial charge in [0.05, 0.1) is 25.0 Å². The lowest BCUT2D eigenvalue weighted by molar-refractivity contribution is 0.398. The number of hydrogen-bond donors (Lipinski definition) is 3. The number of aliphatic imine (C=N–C) groups is 1. The van der Waals surface area contributed by atoms with Gasteiger partial charge in [0.25, 0.3) is 0 Å². The molecule has 1 fully saturated rings. The molecule has 4 N–H and O–H groups in total. The Balaban J connectivity index is 1.98. The molecule has 1 aliphatic rings. The third-order valence-electron chi connectivity index (χ3n) is 3.23. The van der Waals surface area contributed by atoms with Crippen LogP contribution >= 0.6 is 0 Å². The van der Waals surface area contributed by atoms with E-state index in [-0.39, 0.29) is 0 Å². The zero-order chi connectivity index (χ0) is 13.5. The molecule has 0 spiro atoms. The van der Waals surface area contributed by atoms with Crippen LogP contribution in [-0.4, -0.2) is 24.1 Å². The molecule has 6 nitrogen and oxygen atoms in total. The van der Waals surface area contributed by atoms with Crippen LogP contribution in [0.25, 0.3) is 0 Å². The van der Waals surface area contributed by atoms with E-state index in [1.54, 1.807) is 19.4 Å². The van der Waals surface area contributed by atoms with E-state index in [1.165, 1.54) is 19.3 Å². The van der Waals surface area contributed by atoms with Crippen molar-refractivity contribution >= 4 is 11.6 Å². The van der Waals surface area contributed by atoms with Crippen molar-refractivity contribution in [3.05, 3.63) is 18.3 Å². The van der Waals surface area contributed by atoms with Crippen LogP contribution in [0, 0.1) is 0 Å². The molecule has 1 heterocycles. The normalized spacial score (nSPS) is 17.1. The molecule has 2 rings (SSSR count). The lowest BCUT2D eigenvalue weighted by Gasteiger charge is -2.19. The molecule has 104 valence electrons. The van der Waals surface area contributed by atoms with Crippen molar-refractivity contribution in [1.82, 2.24) is 10.4 Å². The number of pyridine rings is 1. The van der Waals surface area contributed by atoms with E-state index in [4.69, 9.17) is 10.6 Å². The Morgan fingerprint density at radius 3 is 2.74 bits per heavy atom. The van der Waals surface area contributed by atoms with E-state index < -0.39 is 0 Å². The minimum atomic E-state index is 0.360. The smallest absolute Gasteiger partial charge is 0.213 e. The highest BCUT2D eigenvalue weighted by molar-refractivity contribution is 5.93. The highest BCUT2D eigenvalue weighted by Gasteiger charge is 2.13. The number of nitrogens with one attached hydrogen (secondary N) is 2. The van der Waals surface area contributed by atoms with Crippen molar-refractivity contribution in [2.75, 3.05) is 12.4 Å². The largest absolute Gasteiger partial charge is 0.481 e. The van der Waals surface area contributed by atoms with Gasteiger partial charge in [0.2, 0.25) is 11.8 Å². The van der Waals surface area contributed by atoms with Gasteiger partial charge in [-0.3, -0.25) is 5.43 Å². The number of methoxy groups -OCH3 is 1. The highest BCUT2D eigenvalue weighted by atomic mass is 16.5. The quantitative estimate of drug-likeness (QED) is 0.334. The molecule has 1 aromatic rings. The third kappa shape index (κ3) is 4.10. The van der Waals surface area contributed by atoms with E-state index in [1.807, 2.05) is 6.07 Å². The number of anilines is 1. The fraction of sp³-hybridized carbons (Fsp3) is 0.538. The minimum absolute atomic E-state index is 0.360. The monoisotopic (exact) mass is 263 g/mol. The first-order valence-corrected chi connectivity index (χ1v) is 6.63. The van der Waals surface area contributed by atoms with E-state index >= 15 is 0 Å². The molecule has 0 radical (unpaired) electrons. The van der Waals surface area contributed by atoms with Crippen LogP contribution < -0.4 is 21.3 Å². The van der Waals surface area contributed by atoms with Gasteiger partial charge in [-0.15, -0.1) is 0 Å². The molecule has 0 unspecified atom stereocenters. The number of hydrazine groups is 1. The van der Waals surface area contributed by atoms with E-state index in [2.05, 4.69) is 20.7 Å². The number of aromatic nitrogens is 1. The molecule has 0 amide bonds. The molecule has 1 aromatic heterocycles. The summed E-state index contributed by atoms with van der Waals surface area (Å²) in [7, 11) is 1.59. The summed E-state index contributed by atoms with van der Waals surface area (Å²) in [6, 6.07) is 4.02. The Morgan fingerprint density at radius 2 is 2.16 bits per heavy atom. The van der Waals surface area contributed by atoms with Gasteiger partial charge < -0.3 is 10.1 Å². The van der Waals surface area contributed by atoms with Crippen LogP contribution in [0.3, 0.4) is 0 Å². The molecule has 0 aromatic carbocycles. The maximum absolute atomic E-state index is 5.51. The number of guanidine groups is 1. The fourth-order valence-corrected chi connectivity index (χ4v) is 2.21. The summed E-state index contributed by atoms with van der Waals surface area (Å²) in [6.07, 6.45) is 7.76. The molecule has 0 saturated heterocycles. The van der Waals surface area contributed by atoms with Gasteiger partial charge in [-0.05, 0) is 18.9 Å². The molecular formula is C13H21N5O. The van der Waals surface area contributed by atoms with Crippen molar-refractivity contribution in [2.45, 2.75) is 38.1 Å². The summed E-state index contributed by atoms with van der Waals surface area (Å²) in [5.74, 6) is 6.67. The van der Waals surface area contributed by atoms with Gasteiger partial charge in [-0.1, -0.05) is 19.3 Å². The number of hydrogen-bond acceptors (Lipinski definition) is 4. The Hall–Kier alpha value is -1.82. The molecule has 6 heteroatoms. The molecule has 0 aliphatic heterocycles. The Morgan fingerprint density at radius 1 is 1.37 bits per heavy atom. The van der Waals surface area contributed by atoms with Crippen LogP contribution in [0.15, 0.2) is 23.3 Å². The van der Waals surface area contributed by atoms with Crippen molar-refractivity contribution in [2.24, 2.45) is 10.8 Å². The molecule has 0 atom stereocenters. The summed E-state index contributed by atoms with van der Waals surface area (Å²) < 4.78 is 5.01.